The van der Waals surface area contributed by atoms with Gasteiger partial charge in [0, 0.05) is 163 Å². The number of nitrogens with two attached hydrogens (primary N) is 1. The molecule has 5 aromatic heterocycles. The number of carbonyl (C=O) groups is 4. The maximum absolute atomic E-state index is 13.2. The van der Waals surface area contributed by atoms with Gasteiger partial charge in [0.2, 0.25) is 0 Å². The molecule has 0 aliphatic rings. The van der Waals surface area contributed by atoms with Crippen LogP contribution in [0.15, 0.2) is 278 Å². The Morgan fingerprint density at radius 2 is 0.848 bits per heavy atom. The molecule has 0 bridgehead atoms. The number of ketones is 2. The number of non-ortho nitro benzene ring substituents is 3. The van der Waals surface area contributed by atoms with Crippen LogP contribution in [0.25, 0.3) is 22.7 Å². The Kier molecular flexibility index (Phi) is 49.4. The number of imidazole rings is 5. The number of aliphatic hydroxyl groups excluding tert-OH is 4. The van der Waals surface area contributed by atoms with Crippen molar-refractivity contribution in [1.29, 1.82) is 0 Å². The number of aromatic amines is 1. The van der Waals surface area contributed by atoms with Gasteiger partial charge in [0.05, 0.1) is 127 Å². The number of nitrogen functional groups attached to an aromatic ring is 1. The average molecular weight is 2230 g/mol. The molecule has 0 aliphatic carbocycles. The molecule has 770 valence electrons. The number of aliphatic hydroxyl groups is 4. The van der Waals surface area contributed by atoms with Crippen molar-refractivity contribution in [2.45, 2.75) is 121 Å². The summed E-state index contributed by atoms with van der Waals surface area (Å²) in [6, 6.07) is 59.3. The minimum Gasteiger partial charge on any atom is -0.465 e. The van der Waals surface area contributed by atoms with E-state index in [2.05, 4.69) is 71.8 Å². The molecule has 0 unspecified atom stereocenters. The average Bonchev–Trinajstić information content (AvgIpc) is 1.77. The molecule has 145 heavy (non-hydrogen) atoms. The molecule has 1 amide bonds. The second-order valence-electron chi connectivity index (χ2n) is 33.0. The number of amides is 1. The summed E-state index contributed by atoms with van der Waals surface area (Å²) >= 11 is 6.17. The number of carbonyl (C=O) groups excluding carboxylic acids is 4. The zero-order chi connectivity index (χ0) is 105. The fourth-order valence-electron chi connectivity index (χ4n) is 12.5. The number of aryl methyl sites for hydroxylation is 7. The third-order valence-corrected chi connectivity index (χ3v) is 20.7. The predicted octanol–water partition coefficient (Wildman–Crippen LogP) is 19.7. The summed E-state index contributed by atoms with van der Waals surface area (Å²) in [4.78, 5) is 103. The van der Waals surface area contributed by atoms with Gasteiger partial charge in [0.15, 0.2) is 11.6 Å². The summed E-state index contributed by atoms with van der Waals surface area (Å²) in [7, 11) is 4.68. The van der Waals surface area contributed by atoms with Crippen molar-refractivity contribution in [3.05, 3.63) is 411 Å². The minimum atomic E-state index is -3.61. The van der Waals surface area contributed by atoms with E-state index in [9.17, 15) is 63.0 Å². The quantitative estimate of drug-likeness (QED) is 0.00408. The SMILES string of the molecule is CN(C)C(=O)OC(C)(C)C.CNC.COC(=O)c1cc(Br)cc([N+](=O)[O-])c1.Cc1cn(-c2cc(CO)cc(CC(=O)c3ccc(C)c(Oc4ccccc4)c3)c2)cn1.Cc1cn(-c2cc(CO)cc([N+](=O)[O-])c2)cn1.Cc1cn(-c2cc(COS(C)(=O)=O)cc(CC(=O)c3ccc(C)c(Oc4ccccc4)c3)c2)cn1.Cc1cn(-c2cc(N)cc(CO)c2)cn1.Cc1cnc[nH]1.O=[N+]([O-])c1cc(Br)cc(CO)c1.[CH3-].[Pd]. The van der Waals surface area contributed by atoms with E-state index in [1.54, 1.807) is 105 Å². The monoisotopic (exact) mass is 2220 g/mol. The number of aromatic nitrogens is 10. The zero-order valence-electron chi connectivity index (χ0n) is 83.0. The van der Waals surface area contributed by atoms with Gasteiger partial charge in [-0.25, -0.2) is 34.5 Å². The number of halogens is 2. The topological polar surface area (TPSA) is 500 Å². The van der Waals surface area contributed by atoms with E-state index in [-0.39, 0.29) is 120 Å². The van der Waals surface area contributed by atoms with Gasteiger partial charge >= 0.3 is 12.1 Å². The normalized spacial score (nSPS) is 10.4. The van der Waals surface area contributed by atoms with Crippen molar-refractivity contribution in [2.75, 3.05) is 47.3 Å². The molecule has 0 fully saturated rings. The van der Waals surface area contributed by atoms with Crippen molar-refractivity contribution in [1.82, 2.24) is 58.4 Å². The van der Waals surface area contributed by atoms with Crippen LogP contribution in [0.1, 0.15) is 130 Å². The van der Waals surface area contributed by atoms with E-state index >= 15 is 0 Å². The molecule has 0 spiro atoms. The van der Waals surface area contributed by atoms with E-state index in [1.807, 2.05) is 237 Å². The molecule has 5 heterocycles. The van der Waals surface area contributed by atoms with Crippen LogP contribution >= 0.6 is 31.9 Å². The number of anilines is 1. The van der Waals surface area contributed by atoms with Crippen LogP contribution in [0.4, 0.5) is 27.5 Å². The predicted molar refractivity (Wildman–Crippen MR) is 557 cm³/mol. The number of Topliss-reactive ketones (excluding diaryl/α,β-unsaturated/α-hetero) is 2. The van der Waals surface area contributed by atoms with Gasteiger partial charge in [-0.05, 0) is 230 Å². The molecule has 15 rings (SSSR count). The summed E-state index contributed by atoms with van der Waals surface area (Å²) < 4.78 is 57.7. The maximum atomic E-state index is 13.2. The Morgan fingerprint density at radius 3 is 1.19 bits per heavy atom. The van der Waals surface area contributed by atoms with Crippen molar-refractivity contribution < 1.29 is 106 Å². The van der Waals surface area contributed by atoms with Crippen LogP contribution in [-0.2, 0) is 90.1 Å². The van der Waals surface area contributed by atoms with Crippen LogP contribution in [-0.4, -0.2) is 167 Å². The second kappa shape index (κ2) is 59.4. The molecule has 0 saturated carbocycles. The first-order chi connectivity index (χ1) is 67.8. The molecular weight excluding hydrogens is 2110 g/mol. The number of benzene rings is 10. The van der Waals surface area contributed by atoms with Crippen molar-refractivity contribution in [3.63, 3.8) is 0 Å². The first-order valence-corrected chi connectivity index (χ1v) is 47.1. The van der Waals surface area contributed by atoms with Gasteiger partial charge in [-0.3, -0.25) is 44.1 Å². The number of ether oxygens (including phenoxy) is 4. The van der Waals surface area contributed by atoms with E-state index in [1.165, 1.54) is 48.4 Å². The van der Waals surface area contributed by atoms with Crippen LogP contribution < -0.4 is 20.5 Å². The summed E-state index contributed by atoms with van der Waals surface area (Å²) in [6.07, 6.45) is 18.6. The van der Waals surface area contributed by atoms with Crippen LogP contribution in [0.5, 0.6) is 23.0 Å². The minimum absolute atomic E-state index is 0. The Morgan fingerprint density at radius 1 is 0.490 bits per heavy atom. The second-order valence-corrected chi connectivity index (χ2v) is 36.4. The molecule has 37 nitrogen and oxygen atoms in total. The van der Waals surface area contributed by atoms with Gasteiger partial charge in [0.1, 0.15) is 28.6 Å². The standard InChI is InChI=1S/C27H26N2O5S.C26H24N2O3.C11H11N3O3.C11H13N3O.C8H6BrNO4.C7H6BrNO3.C7H15NO2.C4H6N2.C2H7N.CH3.Pd/c1-19-9-10-23(15-27(19)34-25-7-5-4-6-8-25)26(30)14-21-11-22(17-33-35(3,31)32)13-24(12-21)29-16-20(2)28-18-29;1-18-8-9-22(14-26(18)31-24-6-4-3-5-7-24)25(30)13-20-10-21(16-29)12-23(11-20)28-15-19(2)27-17-28;1-8-5-13(7-12-8)10-2-9(6-15)3-11(4-10)14(16)17;1-8-5-14(7-13-8)11-3-9(6-15)2-10(12)4-11;1-14-8(11)5-2-6(9)4-7(3-5)10(12)13;8-6-1-5(4-10)2-7(3-6)9(11)12;1-7(2,3)10-6(9)8(4)5;1-4-2-5-3-6-4;1-3-2;;/h4-13,15-16,18H,14,17H2,1-3H3;3-12,14-15,17,29H,13,16H2,1-2H3;2-5,7,15H,6H2,1H3;2-5,7,15H,6,12H2,1H3;2-4H,1H3;1-3,10H,4H2;1-5H3;2-3H,1H3,(H,5,6);3H,1-2H3;1H3;/q;;;;;;;;;-1;. The third-order valence-electron chi connectivity index (χ3n) is 19.2. The Balaban J connectivity index is 0.000000305. The van der Waals surface area contributed by atoms with E-state index in [0.29, 0.717) is 65.4 Å². The molecule has 10 aromatic carbocycles. The molecule has 0 radical (unpaired) electrons. The number of esters is 1. The van der Waals surface area contributed by atoms with Gasteiger partial charge in [-0.2, -0.15) is 8.42 Å². The number of nitro groups is 3. The summed E-state index contributed by atoms with van der Waals surface area (Å²) in [6.45, 7) is 18.3. The van der Waals surface area contributed by atoms with Crippen LogP contribution in [0, 0.1) is 86.2 Å². The zero-order valence-corrected chi connectivity index (χ0v) is 88.5. The Bertz CT molecular complexity index is 6900. The summed E-state index contributed by atoms with van der Waals surface area (Å²) in [5, 5.41) is 70.8. The number of hydrogen-bond acceptors (Lipinski definition) is 28. The fourth-order valence-corrected chi connectivity index (χ4v) is 13.9. The first kappa shape index (κ1) is 121. The molecule has 15 aromatic rings. The number of nitrogens with one attached hydrogen (secondary N) is 2. The van der Waals surface area contributed by atoms with E-state index in [0.717, 1.165) is 97.0 Å². The van der Waals surface area contributed by atoms with Crippen LogP contribution in [0.2, 0.25) is 0 Å². The molecule has 0 saturated heterocycles. The van der Waals surface area contributed by atoms with Gasteiger partial charge in [0.25, 0.3) is 27.2 Å². The number of rotatable bonds is 25. The maximum Gasteiger partial charge on any atom is 0.409 e. The smallest absolute Gasteiger partial charge is 0.409 e. The number of nitrogens with zero attached hydrogens (tertiary/aromatic N) is 13. The fraction of sp³-hybridized carbons (Fsp3) is 0.231. The molecule has 0 aliphatic heterocycles. The van der Waals surface area contributed by atoms with Crippen molar-refractivity contribution in [3.8, 4) is 45.7 Å². The molecule has 41 heteroatoms. The van der Waals surface area contributed by atoms with E-state index < -0.39 is 30.9 Å². The van der Waals surface area contributed by atoms with Crippen molar-refractivity contribution >= 4 is 88.4 Å². The molecule has 0 atom stereocenters. The van der Waals surface area contributed by atoms with Gasteiger partial charge in [-0.1, -0.05) is 105 Å². The van der Waals surface area contributed by atoms with Crippen molar-refractivity contribution in [2.24, 2.45) is 0 Å². The third kappa shape index (κ3) is 42.0. The van der Waals surface area contributed by atoms with Gasteiger partial charge in [-0.15, -0.1) is 0 Å². The first-order valence-electron chi connectivity index (χ1n) is 43.7. The van der Waals surface area contributed by atoms with Gasteiger partial charge < -0.3 is 86.0 Å². The molecular formula is C104H117Br2N16O21PdS-. The number of methoxy groups -OCH3 is 1. The molecule has 8 N–H and O–H groups in total. The number of nitro benzene ring substituents is 3. The van der Waals surface area contributed by atoms with Crippen LogP contribution in [0.3, 0.4) is 0 Å². The number of H-pyrrole nitrogens is 1. The Hall–Kier alpha value is -14.7. The number of para-hydroxylation sites is 2. The van der Waals surface area contributed by atoms with E-state index in [4.69, 9.17) is 39.4 Å². The summed E-state index contributed by atoms with van der Waals surface area (Å²) in [5.41, 5.74) is 21.5. The number of hydrogen-bond donors (Lipinski definition) is 7. The Labute approximate surface area is 871 Å². The largest absolute Gasteiger partial charge is 0.465 e. The summed E-state index contributed by atoms with van der Waals surface area (Å²) in [5.74, 6) is 2.00.